The molecule has 0 bridgehead atoms. The topological polar surface area (TPSA) is 93.1 Å². The second-order valence-electron chi connectivity index (χ2n) is 3.40. The van der Waals surface area contributed by atoms with Gasteiger partial charge in [-0.1, -0.05) is 0 Å². The van der Waals surface area contributed by atoms with Gasteiger partial charge in [0.05, 0.1) is 11.9 Å². The third-order valence-electron chi connectivity index (χ3n) is 2.06. The molecule has 0 amide bonds. The smallest absolute Gasteiger partial charge is 0.303 e. The summed E-state index contributed by atoms with van der Waals surface area (Å²) >= 11 is 1.08. The zero-order valence-electron chi connectivity index (χ0n) is 8.95. The average Bonchev–Trinajstić information content (AvgIpc) is 2.44. The van der Waals surface area contributed by atoms with E-state index in [1.165, 1.54) is 13.8 Å². The van der Waals surface area contributed by atoms with Crippen molar-refractivity contribution >= 4 is 23.7 Å². The van der Waals surface area contributed by atoms with Crippen LogP contribution in [0, 0.1) is 0 Å². The predicted molar refractivity (Wildman–Crippen MR) is 55.6 cm³/mol. The summed E-state index contributed by atoms with van der Waals surface area (Å²) in [6, 6.07) is 0. The van der Waals surface area contributed by atoms with E-state index in [1.54, 1.807) is 0 Å². The number of aliphatic hydroxyl groups is 2. The summed E-state index contributed by atoms with van der Waals surface area (Å²) in [5.74, 6) is -1.10. The monoisotopic (exact) mass is 250 g/mol. The first-order chi connectivity index (χ1) is 7.45. The maximum atomic E-state index is 10.8. The molecule has 1 fully saturated rings. The molecule has 0 aromatic carbocycles. The van der Waals surface area contributed by atoms with Crippen LogP contribution in [0.15, 0.2) is 0 Å². The minimum Gasteiger partial charge on any atom is -0.455 e. The van der Waals surface area contributed by atoms with Crippen LogP contribution in [-0.4, -0.2) is 51.7 Å². The highest BCUT2D eigenvalue weighted by atomic mass is 32.2. The van der Waals surface area contributed by atoms with Crippen molar-refractivity contribution in [3.63, 3.8) is 0 Å². The Kier molecular flexibility index (Phi) is 4.57. The first kappa shape index (κ1) is 13.3. The van der Waals surface area contributed by atoms with Crippen LogP contribution in [-0.2, 0) is 19.1 Å². The normalized spacial score (nSPS) is 33.5. The fourth-order valence-corrected chi connectivity index (χ4v) is 2.74. The second kappa shape index (κ2) is 5.51. The van der Waals surface area contributed by atoms with Gasteiger partial charge >= 0.3 is 11.9 Å². The van der Waals surface area contributed by atoms with Crippen LogP contribution in [0.25, 0.3) is 0 Å². The van der Waals surface area contributed by atoms with Crippen molar-refractivity contribution in [3.05, 3.63) is 0 Å². The molecule has 1 aliphatic heterocycles. The molecule has 1 unspecified atom stereocenters. The largest absolute Gasteiger partial charge is 0.455 e. The van der Waals surface area contributed by atoms with E-state index in [2.05, 4.69) is 0 Å². The van der Waals surface area contributed by atoms with Crippen LogP contribution in [0.3, 0.4) is 0 Å². The van der Waals surface area contributed by atoms with Crippen LogP contribution in [0.4, 0.5) is 0 Å². The van der Waals surface area contributed by atoms with E-state index in [1.807, 2.05) is 0 Å². The van der Waals surface area contributed by atoms with Crippen molar-refractivity contribution in [2.24, 2.45) is 0 Å². The number of ether oxygens (including phenoxy) is 2. The summed E-state index contributed by atoms with van der Waals surface area (Å²) in [4.78, 5) is 21.6. The van der Waals surface area contributed by atoms with E-state index in [9.17, 15) is 14.7 Å². The molecule has 0 aromatic heterocycles. The molecule has 6 nitrogen and oxygen atoms in total. The average molecular weight is 250 g/mol. The summed E-state index contributed by atoms with van der Waals surface area (Å²) in [6.07, 6.45) is -1.97. The van der Waals surface area contributed by atoms with Crippen molar-refractivity contribution in [2.75, 3.05) is 6.61 Å². The molecule has 0 radical (unpaired) electrons. The molecular formula is C9H14O6S. The third kappa shape index (κ3) is 3.10. The Balaban J connectivity index is 2.72. The number of thioether (sulfide) groups is 1. The molecule has 0 aromatic rings. The highest BCUT2D eigenvalue weighted by Crippen LogP contribution is 2.36. The number of carbonyl (C=O) groups is 2. The van der Waals surface area contributed by atoms with Crippen molar-refractivity contribution < 1.29 is 29.3 Å². The van der Waals surface area contributed by atoms with E-state index in [0.717, 1.165) is 11.8 Å². The molecule has 0 saturated carbocycles. The van der Waals surface area contributed by atoms with Gasteiger partial charge in [0.1, 0.15) is 6.10 Å². The van der Waals surface area contributed by atoms with Gasteiger partial charge in [-0.3, -0.25) is 9.59 Å². The summed E-state index contributed by atoms with van der Waals surface area (Å²) in [5, 5.41) is 18.2. The first-order valence-corrected chi connectivity index (χ1v) is 5.68. The number of hydrogen-bond donors (Lipinski definition) is 2. The van der Waals surface area contributed by atoms with Crippen LogP contribution < -0.4 is 0 Å². The standard InChI is InChI=1S/C9H14O6S/c1-4(11)14-8-7(13)6(3-10)16-9(8)15-5(2)12/h6-10,13H,3H2,1-2H3/t6-,7-,8-,9?/m1/s1. The lowest BCUT2D eigenvalue weighted by Gasteiger charge is -2.20. The Morgan fingerprint density at radius 1 is 1.25 bits per heavy atom. The molecule has 1 aliphatic rings. The van der Waals surface area contributed by atoms with E-state index in [-0.39, 0.29) is 6.61 Å². The number of hydrogen-bond acceptors (Lipinski definition) is 7. The van der Waals surface area contributed by atoms with Crippen molar-refractivity contribution in [1.29, 1.82) is 0 Å². The van der Waals surface area contributed by atoms with Crippen LogP contribution in [0.2, 0.25) is 0 Å². The van der Waals surface area contributed by atoms with Crippen molar-refractivity contribution in [1.82, 2.24) is 0 Å². The summed E-state index contributed by atoms with van der Waals surface area (Å²) in [6.45, 7) is 2.15. The fraction of sp³-hybridized carbons (Fsp3) is 0.778. The van der Waals surface area contributed by atoms with Gasteiger partial charge in [-0.05, 0) is 0 Å². The molecule has 7 heteroatoms. The molecule has 16 heavy (non-hydrogen) atoms. The minimum absolute atomic E-state index is 0.276. The third-order valence-corrected chi connectivity index (χ3v) is 3.47. The number of rotatable bonds is 3. The Labute approximate surface area is 96.9 Å². The Morgan fingerprint density at radius 2 is 1.81 bits per heavy atom. The summed E-state index contributed by atoms with van der Waals surface area (Å²) in [7, 11) is 0. The van der Waals surface area contributed by atoms with Gasteiger partial charge in [-0.2, -0.15) is 0 Å². The van der Waals surface area contributed by atoms with Crippen molar-refractivity contribution in [2.45, 2.75) is 36.7 Å². The van der Waals surface area contributed by atoms with Crippen LogP contribution in [0.5, 0.6) is 0 Å². The lowest BCUT2D eigenvalue weighted by Crippen LogP contribution is -2.38. The van der Waals surface area contributed by atoms with Crippen LogP contribution in [0.1, 0.15) is 13.8 Å². The molecule has 2 N–H and O–H groups in total. The highest BCUT2D eigenvalue weighted by Gasteiger charge is 2.47. The SMILES string of the molecule is CC(=O)OC1S[C@H](CO)[C@@H](O)[C@H]1OC(C)=O. The van der Waals surface area contributed by atoms with E-state index < -0.39 is 34.8 Å². The highest BCUT2D eigenvalue weighted by molar-refractivity contribution is 8.00. The molecule has 1 rings (SSSR count). The van der Waals surface area contributed by atoms with Gasteiger partial charge in [-0.25, -0.2) is 0 Å². The van der Waals surface area contributed by atoms with Gasteiger partial charge in [0.25, 0.3) is 0 Å². The zero-order chi connectivity index (χ0) is 12.3. The second-order valence-corrected chi connectivity index (χ2v) is 4.74. The lowest BCUT2D eigenvalue weighted by molar-refractivity contribution is -0.164. The quantitative estimate of drug-likeness (QED) is 0.638. The fourth-order valence-electron chi connectivity index (χ4n) is 1.43. The maximum Gasteiger partial charge on any atom is 0.303 e. The predicted octanol–water partition coefficient (Wildman–Crippen LogP) is -0.724. The summed E-state index contributed by atoms with van der Waals surface area (Å²) < 4.78 is 9.77. The van der Waals surface area contributed by atoms with E-state index in [0.29, 0.717) is 0 Å². The minimum atomic E-state index is -1.04. The van der Waals surface area contributed by atoms with Crippen LogP contribution >= 0.6 is 11.8 Å². The van der Waals surface area contributed by atoms with Gasteiger partial charge in [0.2, 0.25) is 0 Å². The zero-order valence-corrected chi connectivity index (χ0v) is 9.77. The first-order valence-electron chi connectivity index (χ1n) is 4.74. The number of aliphatic hydroxyl groups excluding tert-OH is 2. The van der Waals surface area contributed by atoms with Gasteiger partial charge < -0.3 is 19.7 Å². The number of carbonyl (C=O) groups excluding carboxylic acids is 2. The molecule has 0 spiro atoms. The molecule has 0 aliphatic carbocycles. The maximum absolute atomic E-state index is 10.8. The molecule has 92 valence electrons. The molecule has 1 heterocycles. The van der Waals surface area contributed by atoms with Crippen molar-refractivity contribution in [3.8, 4) is 0 Å². The van der Waals surface area contributed by atoms with Gasteiger partial charge in [0, 0.05) is 13.8 Å². The molecular weight excluding hydrogens is 236 g/mol. The van der Waals surface area contributed by atoms with Gasteiger partial charge in [-0.15, -0.1) is 11.8 Å². The van der Waals surface area contributed by atoms with E-state index >= 15 is 0 Å². The van der Waals surface area contributed by atoms with E-state index in [4.69, 9.17) is 14.6 Å². The Bertz CT molecular complexity index is 281. The molecule has 1 saturated heterocycles. The van der Waals surface area contributed by atoms with Gasteiger partial charge in [0.15, 0.2) is 11.5 Å². The Morgan fingerprint density at radius 3 is 2.25 bits per heavy atom. The molecule has 4 atom stereocenters. The summed E-state index contributed by atoms with van der Waals surface area (Å²) in [5.41, 5.74) is -0.770. The number of esters is 2. The lowest BCUT2D eigenvalue weighted by atomic mass is 10.1. The Hall–Kier alpha value is -0.790.